The van der Waals surface area contributed by atoms with Crippen molar-refractivity contribution >= 4 is 85.5 Å². The highest BCUT2D eigenvalue weighted by Gasteiger charge is 2.20. The summed E-state index contributed by atoms with van der Waals surface area (Å²) >= 11 is 14.3. The van der Waals surface area contributed by atoms with Gasteiger partial charge < -0.3 is 20.9 Å². The molecule has 13 heteroatoms. The van der Waals surface area contributed by atoms with Crippen molar-refractivity contribution in [2.45, 2.75) is 39.8 Å². The zero-order valence-corrected chi connectivity index (χ0v) is 34.5. The van der Waals surface area contributed by atoms with E-state index in [9.17, 15) is 0 Å². The first-order valence-corrected chi connectivity index (χ1v) is 20.0. The van der Waals surface area contributed by atoms with Crippen molar-refractivity contribution in [3.05, 3.63) is 111 Å². The van der Waals surface area contributed by atoms with E-state index in [-0.39, 0.29) is 0 Å². The molecule has 0 aliphatic carbocycles. The molecule has 6 aromatic rings. The van der Waals surface area contributed by atoms with Gasteiger partial charge in [0.2, 0.25) is 0 Å². The highest BCUT2D eigenvalue weighted by molar-refractivity contribution is 14.1. The summed E-state index contributed by atoms with van der Waals surface area (Å²) in [5.41, 5.74) is 12.8. The first kappa shape index (κ1) is 39.0. The highest BCUT2D eigenvalue weighted by atomic mass is 127. The van der Waals surface area contributed by atoms with Crippen LogP contribution in [0.1, 0.15) is 27.7 Å². The predicted octanol–water partition coefficient (Wildman–Crippen LogP) is 8.65. The monoisotopic (exact) mass is 866 g/mol. The Bertz CT molecular complexity index is 2010. The van der Waals surface area contributed by atoms with Crippen molar-refractivity contribution in [1.29, 1.82) is 0 Å². The molecule has 0 atom stereocenters. The number of nitrogen functional groups attached to an aromatic ring is 1. The number of benzene rings is 2. The Labute approximate surface area is 336 Å². The molecule has 0 spiro atoms. The van der Waals surface area contributed by atoms with Crippen molar-refractivity contribution in [3.63, 3.8) is 0 Å². The largest absolute Gasteiger partial charge is 0.399 e. The van der Waals surface area contributed by atoms with Crippen LogP contribution in [0.2, 0.25) is 10.3 Å². The van der Waals surface area contributed by atoms with Gasteiger partial charge in [0.25, 0.3) is 0 Å². The molecule has 4 aromatic heterocycles. The maximum absolute atomic E-state index is 6.20. The second-order valence-corrected chi connectivity index (χ2v) is 15.7. The molecule has 2 aromatic carbocycles. The second kappa shape index (κ2) is 18.1. The molecule has 280 valence electrons. The number of nitrogens with zero attached hydrogens (tertiary/aromatic N) is 8. The fraction of sp³-hybridized carbons (Fsp3) is 0.350. The Morgan fingerprint density at radius 3 is 1.55 bits per heavy atom. The normalized spacial score (nSPS) is 15.4. The zero-order valence-electron chi connectivity index (χ0n) is 30.8. The fourth-order valence-electron chi connectivity index (χ4n) is 6.62. The molecule has 0 bridgehead atoms. The summed E-state index contributed by atoms with van der Waals surface area (Å²) in [6.07, 6.45) is 7.21. The maximum atomic E-state index is 6.20. The summed E-state index contributed by atoms with van der Waals surface area (Å²) in [6, 6.07) is 25.7. The highest BCUT2D eigenvalue weighted by Crippen LogP contribution is 2.27. The number of halogens is 3. The van der Waals surface area contributed by atoms with Gasteiger partial charge in [-0.1, -0.05) is 23.2 Å². The molecular weight excluding hydrogens is 818 g/mol. The molecule has 0 saturated carbocycles. The Balaban J connectivity index is 0.000000151. The number of piperazine rings is 2. The van der Waals surface area contributed by atoms with E-state index in [4.69, 9.17) is 28.9 Å². The zero-order chi connectivity index (χ0) is 37.5. The number of nitrogens with two attached hydrogens (primary N) is 1. The van der Waals surface area contributed by atoms with Crippen LogP contribution in [0.5, 0.6) is 0 Å². The number of nitrogens with one attached hydrogen (secondary N) is 1. The molecular formula is C40H49Cl2IN10. The molecule has 2 fully saturated rings. The fourth-order valence-corrected chi connectivity index (χ4v) is 7.60. The predicted molar refractivity (Wildman–Crippen MR) is 232 cm³/mol. The third-order valence-electron chi connectivity index (χ3n) is 9.81. The molecule has 10 nitrogen and oxygen atoms in total. The van der Waals surface area contributed by atoms with Crippen LogP contribution in [0.15, 0.2) is 97.6 Å². The summed E-state index contributed by atoms with van der Waals surface area (Å²) < 4.78 is 4.83. The van der Waals surface area contributed by atoms with Crippen LogP contribution in [0, 0.1) is 3.57 Å². The van der Waals surface area contributed by atoms with Crippen LogP contribution in [0.4, 0.5) is 28.4 Å². The van der Waals surface area contributed by atoms with Gasteiger partial charge in [0, 0.05) is 112 Å². The van der Waals surface area contributed by atoms with Crippen molar-refractivity contribution in [2.75, 3.05) is 73.2 Å². The number of hydrogen-bond donors (Lipinski definition) is 2. The molecule has 0 unspecified atom stereocenters. The van der Waals surface area contributed by atoms with Gasteiger partial charge in [0.1, 0.15) is 10.3 Å². The van der Waals surface area contributed by atoms with Crippen molar-refractivity contribution in [2.24, 2.45) is 0 Å². The van der Waals surface area contributed by atoms with Crippen LogP contribution in [0.25, 0.3) is 11.3 Å². The Morgan fingerprint density at radius 1 is 0.604 bits per heavy atom. The quantitative estimate of drug-likeness (QED) is 0.0979. The number of anilines is 5. The van der Waals surface area contributed by atoms with Gasteiger partial charge in [-0.25, -0.2) is 9.97 Å². The lowest BCUT2D eigenvalue weighted by atomic mass is 10.2. The molecule has 3 N–H and O–H groups in total. The number of pyridine rings is 2. The summed E-state index contributed by atoms with van der Waals surface area (Å²) in [7, 11) is 0. The van der Waals surface area contributed by atoms with E-state index in [0.717, 1.165) is 84.3 Å². The molecule has 53 heavy (non-hydrogen) atoms. The van der Waals surface area contributed by atoms with Gasteiger partial charge in [-0.05, 0) is 123 Å². The average Bonchev–Trinajstić information content (AvgIpc) is 3.89. The number of imidazole rings is 2. The molecule has 8 rings (SSSR count). The first-order chi connectivity index (χ1) is 25.6. The topological polar surface area (TPSA) is 85.6 Å². The summed E-state index contributed by atoms with van der Waals surface area (Å²) in [5, 5.41) is 4.79. The van der Waals surface area contributed by atoms with Crippen molar-refractivity contribution in [1.82, 2.24) is 28.6 Å². The molecule has 2 saturated heterocycles. The lowest BCUT2D eigenvalue weighted by Gasteiger charge is -2.38. The van der Waals surface area contributed by atoms with Crippen LogP contribution in [0.3, 0.4) is 0 Å². The lowest BCUT2D eigenvalue weighted by molar-refractivity contribution is 0.209. The van der Waals surface area contributed by atoms with Crippen LogP contribution >= 0.6 is 45.8 Å². The maximum Gasteiger partial charge on any atom is 0.161 e. The lowest BCUT2D eigenvalue weighted by Crippen LogP contribution is -2.48. The molecule has 6 heterocycles. The third-order valence-corrected chi connectivity index (χ3v) is 11.3. The minimum Gasteiger partial charge on any atom is -0.399 e. The smallest absolute Gasteiger partial charge is 0.161 e. The summed E-state index contributed by atoms with van der Waals surface area (Å²) in [6.45, 7) is 18.0. The Kier molecular flexibility index (Phi) is 13.3. The summed E-state index contributed by atoms with van der Waals surface area (Å²) in [4.78, 5) is 18.5. The van der Waals surface area contributed by atoms with Crippen molar-refractivity contribution in [3.8, 4) is 0 Å². The summed E-state index contributed by atoms with van der Waals surface area (Å²) in [5.74, 6) is 0. The van der Waals surface area contributed by atoms with Gasteiger partial charge in [-0.2, -0.15) is 0 Å². The molecule has 0 amide bonds. The number of rotatable bonds is 6. The SMILES string of the molecule is CC(C)N1CCN(c2ccc(N)cc2)CC1.CC(C)N1CCN(c2ccc(Nc3ccc(Cl)n4ccnc34)cc2)CC1.Clc1ccc(I)c2nccn12. The van der Waals surface area contributed by atoms with Crippen LogP contribution in [-0.4, -0.2) is 93.0 Å². The Morgan fingerprint density at radius 2 is 1.06 bits per heavy atom. The minimum absolute atomic E-state index is 0.627. The van der Waals surface area contributed by atoms with E-state index >= 15 is 0 Å². The average molecular weight is 868 g/mol. The standard InChI is InChI=1S/C20H24ClN5.C13H21N3.C7H4ClIN2/c1-15(2)24-11-13-25(14-12-24)17-5-3-16(4-6-17)23-18-7-8-19(21)26-10-9-22-20(18)26;1-11(2)15-7-9-16(10-8-15)13-5-3-12(14)4-6-13;8-6-2-1-5(9)7-10-3-4-11(6)7/h3-10,15,23H,11-14H2,1-2H3;3-6,11H,7-10,14H2,1-2H3;1-4H. The van der Waals surface area contributed by atoms with E-state index < -0.39 is 0 Å². The second-order valence-electron chi connectivity index (χ2n) is 13.8. The van der Waals surface area contributed by atoms with Gasteiger partial charge in [-0.15, -0.1) is 0 Å². The van der Waals surface area contributed by atoms with E-state index in [1.54, 1.807) is 12.4 Å². The van der Waals surface area contributed by atoms with E-state index in [2.05, 4.69) is 122 Å². The van der Waals surface area contributed by atoms with Crippen molar-refractivity contribution < 1.29 is 0 Å². The molecule has 0 radical (unpaired) electrons. The molecule has 2 aliphatic heterocycles. The van der Waals surface area contributed by atoms with E-state index in [1.807, 2.05) is 57.6 Å². The van der Waals surface area contributed by atoms with Gasteiger partial charge in [0.15, 0.2) is 11.3 Å². The van der Waals surface area contributed by atoms with E-state index in [0.29, 0.717) is 22.4 Å². The number of fused-ring (bicyclic) bond motifs is 2. The number of aromatic nitrogens is 4. The van der Waals surface area contributed by atoms with Crippen LogP contribution in [-0.2, 0) is 0 Å². The minimum atomic E-state index is 0.627. The van der Waals surface area contributed by atoms with Gasteiger partial charge >= 0.3 is 0 Å². The third kappa shape index (κ3) is 9.87. The van der Waals surface area contributed by atoms with E-state index in [1.165, 1.54) is 11.4 Å². The molecule has 2 aliphatic rings. The van der Waals surface area contributed by atoms with Gasteiger partial charge in [-0.3, -0.25) is 18.6 Å². The Hall–Kier alpha value is -3.75. The number of hydrogen-bond acceptors (Lipinski definition) is 8. The first-order valence-electron chi connectivity index (χ1n) is 18.2. The van der Waals surface area contributed by atoms with Crippen LogP contribution < -0.4 is 20.9 Å². The van der Waals surface area contributed by atoms with Gasteiger partial charge in [0.05, 0.1) is 9.26 Å².